The summed E-state index contributed by atoms with van der Waals surface area (Å²) in [4.78, 5) is 11.0. The molecule has 0 N–H and O–H groups in total. The van der Waals surface area contributed by atoms with Gasteiger partial charge >= 0.3 is 6.16 Å². The summed E-state index contributed by atoms with van der Waals surface area (Å²) in [6.07, 6.45) is 1.86. The highest BCUT2D eigenvalue weighted by Gasteiger charge is 2.10. The van der Waals surface area contributed by atoms with Gasteiger partial charge in [0.1, 0.15) is 0 Å². The fourth-order valence-electron chi connectivity index (χ4n) is 0.828. The molecule has 0 aromatic carbocycles. The second-order valence-corrected chi connectivity index (χ2v) is 2.32. The molecule has 0 unspecified atom stereocenters. The van der Waals surface area contributed by atoms with Gasteiger partial charge in [0.15, 0.2) is 0 Å². The smallest absolute Gasteiger partial charge is 0.434 e. The third kappa shape index (κ3) is 1.95. The van der Waals surface area contributed by atoms with Crippen molar-refractivity contribution in [3.05, 3.63) is 36.8 Å². The maximum absolute atomic E-state index is 11.0. The average molecular weight is 194 g/mol. The van der Waals surface area contributed by atoms with Crippen molar-refractivity contribution in [2.75, 3.05) is 0 Å². The quantitative estimate of drug-likeness (QED) is 0.687. The molecule has 2 aromatic rings. The zero-order chi connectivity index (χ0) is 9.80. The molecule has 5 heteroatoms. The summed E-state index contributed by atoms with van der Waals surface area (Å²) in [6, 6.07) is 6.16. The van der Waals surface area contributed by atoms with E-state index in [-0.39, 0.29) is 11.9 Å². The van der Waals surface area contributed by atoms with Crippen LogP contribution in [0.1, 0.15) is 0 Å². The molecule has 0 saturated heterocycles. The van der Waals surface area contributed by atoms with Crippen molar-refractivity contribution in [2.45, 2.75) is 0 Å². The van der Waals surface area contributed by atoms with Gasteiger partial charge in [0.25, 0.3) is 11.9 Å². The van der Waals surface area contributed by atoms with Gasteiger partial charge in [0.05, 0.1) is 12.5 Å². The van der Waals surface area contributed by atoms with Gasteiger partial charge in [-0.3, -0.25) is 0 Å². The van der Waals surface area contributed by atoms with Crippen LogP contribution in [0.25, 0.3) is 0 Å². The number of carbonyl (C=O) groups is 1. The minimum absolute atomic E-state index is 0.0709. The van der Waals surface area contributed by atoms with E-state index in [0.29, 0.717) is 0 Å². The van der Waals surface area contributed by atoms with E-state index in [4.69, 9.17) is 8.83 Å². The number of hydrogen-bond donors (Lipinski definition) is 0. The van der Waals surface area contributed by atoms with Crippen molar-refractivity contribution in [3.8, 4) is 11.9 Å². The normalized spacial score (nSPS) is 9.71. The third-order valence-electron chi connectivity index (χ3n) is 1.36. The van der Waals surface area contributed by atoms with Gasteiger partial charge in [-0.1, -0.05) is 0 Å². The molecule has 0 bridgehead atoms. The lowest BCUT2D eigenvalue weighted by Crippen LogP contribution is -2.12. The van der Waals surface area contributed by atoms with Gasteiger partial charge in [-0.05, 0) is 12.1 Å². The van der Waals surface area contributed by atoms with Gasteiger partial charge < -0.3 is 18.3 Å². The highest BCUT2D eigenvalue weighted by molar-refractivity contribution is 5.65. The maximum Gasteiger partial charge on any atom is 0.524 e. The van der Waals surface area contributed by atoms with Gasteiger partial charge in [0, 0.05) is 12.1 Å². The van der Waals surface area contributed by atoms with Crippen molar-refractivity contribution in [2.24, 2.45) is 0 Å². The number of rotatable bonds is 2. The molecule has 2 heterocycles. The van der Waals surface area contributed by atoms with Crippen LogP contribution in [0, 0.1) is 0 Å². The zero-order valence-electron chi connectivity index (χ0n) is 7.01. The molecule has 5 nitrogen and oxygen atoms in total. The Morgan fingerprint density at radius 3 is 1.86 bits per heavy atom. The van der Waals surface area contributed by atoms with Crippen LogP contribution in [0.4, 0.5) is 4.79 Å². The van der Waals surface area contributed by atoms with E-state index in [1.807, 2.05) is 0 Å². The topological polar surface area (TPSA) is 61.8 Å². The van der Waals surface area contributed by atoms with Crippen LogP contribution >= 0.6 is 0 Å². The molecule has 14 heavy (non-hydrogen) atoms. The van der Waals surface area contributed by atoms with Crippen LogP contribution < -0.4 is 9.47 Å². The molecule has 2 aromatic heterocycles. The van der Waals surface area contributed by atoms with Gasteiger partial charge in [-0.25, -0.2) is 4.79 Å². The van der Waals surface area contributed by atoms with E-state index >= 15 is 0 Å². The van der Waals surface area contributed by atoms with Crippen molar-refractivity contribution < 1.29 is 23.1 Å². The number of ether oxygens (including phenoxy) is 2. The Morgan fingerprint density at radius 2 is 1.50 bits per heavy atom. The standard InChI is InChI=1S/C9H6O5/c10-9(13-7-3-1-5-11-7)14-8-4-2-6-12-8/h1-6H. The highest BCUT2D eigenvalue weighted by Crippen LogP contribution is 2.14. The van der Waals surface area contributed by atoms with Crippen LogP contribution in [0.5, 0.6) is 11.9 Å². The SMILES string of the molecule is O=C(Oc1ccco1)Oc1ccco1. The predicted molar refractivity (Wildman–Crippen MR) is 44.1 cm³/mol. The van der Waals surface area contributed by atoms with Crippen LogP contribution in [0.15, 0.2) is 45.6 Å². The molecule has 2 rings (SSSR count). The first-order valence-corrected chi connectivity index (χ1v) is 3.81. The summed E-state index contributed by atoms with van der Waals surface area (Å²) < 4.78 is 18.8. The molecular formula is C9H6O5. The summed E-state index contributed by atoms with van der Waals surface area (Å²) in [5.41, 5.74) is 0. The second-order valence-electron chi connectivity index (χ2n) is 2.32. The predicted octanol–water partition coefficient (Wildman–Crippen LogP) is 2.45. The van der Waals surface area contributed by atoms with E-state index in [1.165, 1.54) is 24.7 Å². The minimum Gasteiger partial charge on any atom is -0.434 e. The fraction of sp³-hybridized carbons (Fsp3) is 0. The first-order chi connectivity index (χ1) is 6.84. The molecule has 72 valence electrons. The molecule has 0 fully saturated rings. The second kappa shape index (κ2) is 3.69. The van der Waals surface area contributed by atoms with Crippen molar-refractivity contribution in [1.29, 1.82) is 0 Å². The van der Waals surface area contributed by atoms with Crippen LogP contribution in [-0.2, 0) is 0 Å². The van der Waals surface area contributed by atoms with Gasteiger partial charge in [0.2, 0.25) is 0 Å². The third-order valence-corrected chi connectivity index (χ3v) is 1.36. The summed E-state index contributed by atoms with van der Waals surface area (Å²) in [7, 11) is 0. The van der Waals surface area contributed by atoms with Gasteiger partial charge in [-0.2, -0.15) is 0 Å². The van der Waals surface area contributed by atoms with Crippen LogP contribution in [0.3, 0.4) is 0 Å². The van der Waals surface area contributed by atoms with E-state index in [2.05, 4.69) is 9.47 Å². The molecule has 0 spiro atoms. The van der Waals surface area contributed by atoms with Gasteiger partial charge in [-0.15, -0.1) is 0 Å². The first kappa shape index (κ1) is 8.43. The lowest BCUT2D eigenvalue weighted by molar-refractivity contribution is 0.129. The summed E-state index contributed by atoms with van der Waals surface area (Å²) in [5, 5.41) is 0. The van der Waals surface area contributed by atoms with Crippen molar-refractivity contribution in [3.63, 3.8) is 0 Å². The van der Waals surface area contributed by atoms with E-state index in [1.54, 1.807) is 12.1 Å². The Kier molecular flexibility index (Phi) is 2.22. The lowest BCUT2D eigenvalue weighted by atomic mass is 10.6. The average Bonchev–Trinajstić information content (AvgIpc) is 2.76. The monoisotopic (exact) mass is 194 g/mol. The van der Waals surface area contributed by atoms with E-state index in [0.717, 1.165) is 0 Å². The molecule has 0 aliphatic rings. The first-order valence-electron chi connectivity index (χ1n) is 3.81. The molecular weight excluding hydrogens is 188 g/mol. The Labute approximate surface area is 78.8 Å². The number of carbonyl (C=O) groups excluding carboxylic acids is 1. The Morgan fingerprint density at radius 1 is 1.00 bits per heavy atom. The maximum atomic E-state index is 11.0. The Bertz CT molecular complexity index is 349. The van der Waals surface area contributed by atoms with Crippen molar-refractivity contribution >= 4 is 6.16 Å². The van der Waals surface area contributed by atoms with Crippen molar-refractivity contribution in [1.82, 2.24) is 0 Å². The highest BCUT2D eigenvalue weighted by atomic mass is 16.8. The molecule has 0 saturated carbocycles. The largest absolute Gasteiger partial charge is 0.524 e. The van der Waals surface area contributed by atoms with E-state index in [9.17, 15) is 4.79 Å². The Balaban J connectivity index is 1.91. The zero-order valence-corrected chi connectivity index (χ0v) is 7.01. The summed E-state index contributed by atoms with van der Waals surface area (Å²) in [6.45, 7) is 0. The number of furan rings is 2. The number of hydrogen-bond acceptors (Lipinski definition) is 5. The van der Waals surface area contributed by atoms with Crippen LogP contribution in [0.2, 0.25) is 0 Å². The summed E-state index contributed by atoms with van der Waals surface area (Å²) in [5.74, 6) is 0.142. The minimum atomic E-state index is -0.908. The molecule has 0 aliphatic carbocycles. The lowest BCUT2D eigenvalue weighted by Gasteiger charge is -1.98. The fourth-order valence-corrected chi connectivity index (χ4v) is 0.828. The molecule has 0 radical (unpaired) electrons. The van der Waals surface area contributed by atoms with E-state index < -0.39 is 6.16 Å². The molecule has 0 atom stereocenters. The Hall–Kier alpha value is -2.17. The summed E-state index contributed by atoms with van der Waals surface area (Å²) >= 11 is 0. The van der Waals surface area contributed by atoms with Crippen LogP contribution in [-0.4, -0.2) is 6.16 Å². The molecule has 0 aliphatic heterocycles. The molecule has 0 amide bonds.